The van der Waals surface area contributed by atoms with Crippen LogP contribution in [0.1, 0.15) is 42.5 Å². The van der Waals surface area contributed by atoms with E-state index in [-0.39, 0.29) is 39.5 Å². The van der Waals surface area contributed by atoms with Crippen molar-refractivity contribution in [1.29, 1.82) is 0 Å². The smallest absolute Gasteiger partial charge is 0.311 e. The van der Waals surface area contributed by atoms with Gasteiger partial charge in [0.15, 0.2) is 0 Å². The summed E-state index contributed by atoms with van der Waals surface area (Å²) in [4.78, 5) is 13.3. The number of esters is 1. The molecule has 0 N–H and O–H groups in total. The molecule has 1 aliphatic rings. The van der Waals surface area contributed by atoms with E-state index in [0.29, 0.717) is 13.2 Å². The lowest BCUT2D eigenvalue weighted by Crippen LogP contribution is -2.68. The van der Waals surface area contributed by atoms with Gasteiger partial charge in [-0.15, -0.1) is 0 Å². The van der Waals surface area contributed by atoms with Crippen LogP contribution < -0.4 is 0 Å². The van der Waals surface area contributed by atoms with Gasteiger partial charge in [-0.25, -0.2) is 0 Å². The lowest BCUT2D eigenvalue weighted by molar-refractivity contribution is -0.382. The molecule has 0 radical (unpaired) electrons. The average Bonchev–Trinajstić information content (AvgIpc) is 3.12. The molecule has 1 fully saturated rings. The first kappa shape index (κ1) is 35.4. The zero-order valence-corrected chi connectivity index (χ0v) is 27.8. The van der Waals surface area contributed by atoms with Crippen molar-refractivity contribution in [1.82, 2.24) is 0 Å². The zero-order chi connectivity index (χ0) is 33.4. The van der Waals surface area contributed by atoms with Crippen molar-refractivity contribution in [2.24, 2.45) is 0 Å². The first-order valence-electron chi connectivity index (χ1n) is 16.7. The minimum Gasteiger partial charge on any atom is -0.466 e. The van der Waals surface area contributed by atoms with Crippen molar-refractivity contribution in [2.75, 3.05) is 19.8 Å². The first-order chi connectivity index (χ1) is 23.6. The Morgan fingerprint density at radius 2 is 1.06 bits per heavy atom. The van der Waals surface area contributed by atoms with Crippen LogP contribution in [0.15, 0.2) is 121 Å². The highest BCUT2D eigenvalue weighted by atomic mass is 16.7. The molecule has 0 saturated carbocycles. The topological polar surface area (TPSA) is 81.7 Å². The Kier molecular flexibility index (Phi) is 13.7. The third kappa shape index (κ3) is 10.1. The van der Waals surface area contributed by atoms with E-state index < -0.39 is 36.2 Å². The summed E-state index contributed by atoms with van der Waals surface area (Å²) in [7, 11) is 0. The molecule has 4 aromatic rings. The highest BCUT2D eigenvalue weighted by Gasteiger charge is 2.59. The highest BCUT2D eigenvalue weighted by molar-refractivity contribution is 5.70. The van der Waals surface area contributed by atoms with Crippen molar-refractivity contribution >= 4 is 5.97 Å². The number of carbonyl (C=O) groups is 1. The van der Waals surface area contributed by atoms with Gasteiger partial charge in [0.2, 0.25) is 5.79 Å². The van der Waals surface area contributed by atoms with E-state index >= 15 is 0 Å². The highest BCUT2D eigenvalue weighted by Crippen LogP contribution is 2.40. The molecule has 1 heterocycles. The van der Waals surface area contributed by atoms with Crippen molar-refractivity contribution in [3.8, 4) is 0 Å². The summed E-state index contributed by atoms with van der Waals surface area (Å²) in [5.74, 6) is -2.02. The molecule has 4 aromatic carbocycles. The van der Waals surface area contributed by atoms with Crippen molar-refractivity contribution in [3.63, 3.8) is 0 Å². The first-order valence-corrected chi connectivity index (χ1v) is 16.7. The van der Waals surface area contributed by atoms with E-state index in [1.54, 1.807) is 6.92 Å². The molecular weight excluding hydrogens is 608 g/mol. The van der Waals surface area contributed by atoms with Gasteiger partial charge in [0.05, 0.1) is 39.6 Å². The average molecular weight is 655 g/mol. The van der Waals surface area contributed by atoms with Gasteiger partial charge in [-0.2, -0.15) is 0 Å². The third-order valence-corrected chi connectivity index (χ3v) is 8.09. The normalized spacial score (nSPS) is 22.3. The van der Waals surface area contributed by atoms with Gasteiger partial charge >= 0.3 is 5.97 Å². The van der Waals surface area contributed by atoms with E-state index in [0.717, 1.165) is 22.3 Å². The Bertz CT molecular complexity index is 1470. The fraction of sp³-hybridized carbons (Fsp3) is 0.375. The van der Waals surface area contributed by atoms with Crippen LogP contribution in [0.5, 0.6) is 0 Å². The van der Waals surface area contributed by atoms with Crippen LogP contribution in [0.4, 0.5) is 0 Å². The molecule has 0 bridgehead atoms. The maximum atomic E-state index is 13.3. The van der Waals surface area contributed by atoms with E-state index in [4.69, 9.17) is 33.2 Å². The fourth-order valence-electron chi connectivity index (χ4n) is 5.89. The van der Waals surface area contributed by atoms with Crippen molar-refractivity contribution < 1.29 is 38.0 Å². The quantitative estimate of drug-likeness (QED) is 0.106. The summed E-state index contributed by atoms with van der Waals surface area (Å²) in [6.45, 7) is 5.45. The van der Waals surface area contributed by atoms with Crippen LogP contribution in [0, 0.1) is 0 Å². The van der Waals surface area contributed by atoms with Crippen LogP contribution in [0.2, 0.25) is 0 Å². The Hall–Kier alpha value is -3.89. The van der Waals surface area contributed by atoms with Crippen LogP contribution in [-0.2, 0) is 64.4 Å². The van der Waals surface area contributed by atoms with Crippen molar-refractivity contribution in [3.05, 3.63) is 144 Å². The molecule has 8 heteroatoms. The molecule has 0 spiro atoms. The Labute approximate surface area is 283 Å². The van der Waals surface area contributed by atoms with E-state index in [1.165, 1.54) is 0 Å². The zero-order valence-electron chi connectivity index (χ0n) is 27.8. The molecule has 5 rings (SSSR count). The van der Waals surface area contributed by atoms with Crippen LogP contribution in [0.3, 0.4) is 0 Å². The minimum absolute atomic E-state index is 0.155. The molecule has 0 unspecified atom stereocenters. The second kappa shape index (κ2) is 18.6. The van der Waals surface area contributed by atoms with Gasteiger partial charge in [0.1, 0.15) is 30.8 Å². The lowest BCUT2D eigenvalue weighted by atomic mass is 9.89. The number of carbonyl (C=O) groups excluding carboxylic acids is 1. The molecule has 1 aliphatic heterocycles. The standard InChI is InChI=1S/C40H46O8/c1-3-43-36(41)25-40(47-4-2)39(46-29-34-23-15-8-16-24-34)38(45-28-33-21-13-7-14-22-33)37(44-27-32-19-11-6-12-20-32)35(48-40)30-42-26-31-17-9-5-10-18-31/h5-24,35,37-39H,3-4,25-30H2,1-2H3/t35-,37-,38+,39-,40-/m1/s1. The van der Waals surface area contributed by atoms with Crippen molar-refractivity contribution in [2.45, 2.75) is 76.9 Å². The van der Waals surface area contributed by atoms with Gasteiger partial charge in [-0.1, -0.05) is 121 Å². The number of rotatable bonds is 18. The minimum atomic E-state index is -1.55. The molecule has 0 amide bonds. The van der Waals surface area contributed by atoms with E-state index in [2.05, 4.69) is 0 Å². The summed E-state index contributed by atoms with van der Waals surface area (Å²) in [5.41, 5.74) is 3.96. The Morgan fingerprint density at radius 3 is 1.54 bits per heavy atom. The monoisotopic (exact) mass is 654 g/mol. The molecule has 0 aromatic heterocycles. The molecular formula is C40H46O8. The van der Waals surface area contributed by atoms with E-state index in [9.17, 15) is 4.79 Å². The van der Waals surface area contributed by atoms with Gasteiger partial charge in [-0.3, -0.25) is 4.79 Å². The lowest BCUT2D eigenvalue weighted by Gasteiger charge is -2.52. The third-order valence-electron chi connectivity index (χ3n) is 8.09. The predicted octanol–water partition coefficient (Wildman–Crippen LogP) is 7.04. The van der Waals surface area contributed by atoms with Crippen LogP contribution >= 0.6 is 0 Å². The predicted molar refractivity (Wildman–Crippen MR) is 182 cm³/mol. The van der Waals surface area contributed by atoms with Gasteiger partial charge in [-0.05, 0) is 36.1 Å². The van der Waals surface area contributed by atoms with Crippen LogP contribution in [0.25, 0.3) is 0 Å². The number of hydrogen-bond donors (Lipinski definition) is 0. The molecule has 0 aliphatic carbocycles. The maximum Gasteiger partial charge on any atom is 0.311 e. The van der Waals surface area contributed by atoms with Gasteiger partial charge in [0.25, 0.3) is 0 Å². The Balaban J connectivity index is 1.53. The van der Waals surface area contributed by atoms with Crippen LogP contribution in [-0.4, -0.2) is 56.0 Å². The summed E-state index contributed by atoms with van der Waals surface area (Å²) in [6, 6.07) is 39.7. The van der Waals surface area contributed by atoms with Gasteiger partial charge in [0, 0.05) is 6.61 Å². The second-order valence-corrected chi connectivity index (χ2v) is 11.6. The molecule has 254 valence electrons. The number of ether oxygens (including phenoxy) is 7. The van der Waals surface area contributed by atoms with E-state index in [1.807, 2.05) is 128 Å². The summed E-state index contributed by atoms with van der Waals surface area (Å²) < 4.78 is 45.2. The maximum absolute atomic E-state index is 13.3. The second-order valence-electron chi connectivity index (χ2n) is 11.6. The fourth-order valence-corrected chi connectivity index (χ4v) is 5.89. The largest absolute Gasteiger partial charge is 0.466 e. The molecule has 5 atom stereocenters. The van der Waals surface area contributed by atoms with Gasteiger partial charge < -0.3 is 33.2 Å². The molecule has 1 saturated heterocycles. The summed E-state index contributed by atoms with van der Waals surface area (Å²) in [6.07, 6.45) is -3.15. The number of hydrogen-bond acceptors (Lipinski definition) is 8. The summed E-state index contributed by atoms with van der Waals surface area (Å²) in [5, 5.41) is 0. The molecule has 8 nitrogen and oxygen atoms in total. The Morgan fingerprint density at radius 1 is 0.604 bits per heavy atom. The SMILES string of the molecule is CCOC(=O)C[C@@]1(OCC)O[C@H](COCc2ccccc2)[C@@H](OCc2ccccc2)[C@H](OCc2ccccc2)[C@H]1OCc1ccccc1. The number of benzene rings is 4. The summed E-state index contributed by atoms with van der Waals surface area (Å²) >= 11 is 0. The molecule has 48 heavy (non-hydrogen) atoms.